The average molecular weight is 1040 g/mol. The van der Waals surface area contributed by atoms with Gasteiger partial charge in [0.15, 0.2) is 0 Å². The zero-order valence-corrected chi connectivity index (χ0v) is 52.2. The third-order valence-corrected chi connectivity index (χ3v) is 19.6. The summed E-state index contributed by atoms with van der Waals surface area (Å²) in [7, 11) is 0. The van der Waals surface area contributed by atoms with E-state index in [2.05, 4.69) is 184 Å². The van der Waals surface area contributed by atoms with Crippen molar-refractivity contribution in [2.24, 2.45) is 0 Å². The van der Waals surface area contributed by atoms with Gasteiger partial charge in [-0.15, -0.1) is 0 Å². The van der Waals surface area contributed by atoms with Gasteiger partial charge in [0.2, 0.25) is 5.91 Å². The number of hydrogen-bond donors (Lipinski definition) is 4. The van der Waals surface area contributed by atoms with Gasteiger partial charge in [-0.1, -0.05) is 0 Å². The fourth-order valence-electron chi connectivity index (χ4n) is 11.8. The summed E-state index contributed by atoms with van der Waals surface area (Å²) in [6.07, 6.45) is 0.560. The maximum atomic E-state index is 13.1. The molecule has 7 rings (SSSR count). The van der Waals surface area contributed by atoms with E-state index in [1.165, 1.54) is 134 Å². The highest BCUT2D eigenvalue weighted by molar-refractivity contribution is 6.10. The van der Waals surface area contributed by atoms with Gasteiger partial charge in [0.25, 0.3) is 0 Å². The molecule has 8 heteroatoms. The number of nitrogens with zero attached hydrogens (tertiary/aromatic N) is 1. The van der Waals surface area contributed by atoms with Crippen molar-refractivity contribution in [3.05, 3.63) is 167 Å². The predicted molar refractivity (Wildman–Crippen MR) is 327 cm³/mol. The Kier molecular flexibility index (Phi) is 18.4. The number of carbonyl (C=O) groups excluding carboxylic acids is 1. The van der Waals surface area contributed by atoms with E-state index in [0.717, 1.165) is 67.5 Å². The molecule has 412 valence electrons. The first-order valence-electron chi connectivity index (χ1n) is 27.4. The van der Waals surface area contributed by atoms with Crippen molar-refractivity contribution in [3.8, 4) is 0 Å². The topological polar surface area (TPSA) is 119 Å². The summed E-state index contributed by atoms with van der Waals surface area (Å²) in [5, 5.41) is 26.2. The van der Waals surface area contributed by atoms with Gasteiger partial charge < -0.3 is 20.8 Å². The van der Waals surface area contributed by atoms with E-state index in [9.17, 15) is 24.6 Å². The molecule has 0 bridgehead atoms. The van der Waals surface area contributed by atoms with Crippen molar-refractivity contribution < 1.29 is 24.6 Å². The van der Waals surface area contributed by atoms with E-state index in [-0.39, 0.29) is 18.7 Å². The van der Waals surface area contributed by atoms with Gasteiger partial charge >= 0.3 is 11.9 Å². The second-order valence-electron chi connectivity index (χ2n) is 22.8. The van der Waals surface area contributed by atoms with E-state index in [1.54, 1.807) is 0 Å². The predicted octanol–water partition coefficient (Wildman–Crippen LogP) is 17.3. The number of aliphatic carboxylic acids is 2. The second-order valence-corrected chi connectivity index (χ2v) is 22.8. The monoisotopic (exact) mass is 1040 g/mol. The molecule has 0 saturated carbocycles. The lowest BCUT2D eigenvalue weighted by Gasteiger charge is -2.28. The summed E-state index contributed by atoms with van der Waals surface area (Å²) in [6.45, 7) is 57.5. The molecule has 4 N–H and O–H groups in total. The number of carboxylic acids is 2. The summed E-state index contributed by atoms with van der Waals surface area (Å²) < 4.78 is 0. The Bertz CT molecular complexity index is 3240. The SMILES string of the molecule is Cc1c(C)c(C)c(N2C(=O)Cc3c(C)c(C)c(C)c(C)c32)c(C)c1C.Cc1c(C)c(C)c(Nc2c(C)c(C)c(C)c(C)c2CC(=O)O)c(C)c1C.Cc1c(C)c(C)c(Nc2c(C)c(C)c(C)c(C)c2CC(=O)O)c(C)c1C. The normalized spacial score (nSPS) is 11.8. The van der Waals surface area contributed by atoms with E-state index in [1.807, 2.05) is 18.7 Å². The smallest absolute Gasteiger partial charge is 0.307 e. The first kappa shape index (κ1) is 61.2. The Hall–Kier alpha value is -6.67. The molecule has 1 aliphatic heterocycles. The molecule has 0 unspecified atom stereocenters. The van der Waals surface area contributed by atoms with Crippen LogP contribution in [0.2, 0.25) is 0 Å². The highest BCUT2D eigenvalue weighted by atomic mass is 16.4. The Balaban J connectivity index is 0.000000213. The number of hydrogen-bond acceptors (Lipinski definition) is 5. The second kappa shape index (κ2) is 23.1. The number of fused-ring (bicyclic) bond motifs is 1. The van der Waals surface area contributed by atoms with Crippen LogP contribution < -0.4 is 15.5 Å². The lowest BCUT2D eigenvalue weighted by Crippen LogP contribution is -2.24. The van der Waals surface area contributed by atoms with Gasteiger partial charge in [0.05, 0.1) is 30.6 Å². The van der Waals surface area contributed by atoms with Crippen LogP contribution in [0.1, 0.15) is 167 Å². The molecule has 6 aromatic rings. The third-order valence-electron chi connectivity index (χ3n) is 19.6. The molecule has 1 amide bonds. The minimum absolute atomic E-state index is 0.0258. The largest absolute Gasteiger partial charge is 0.481 e. The number of benzene rings is 6. The van der Waals surface area contributed by atoms with E-state index in [0.29, 0.717) is 6.42 Å². The molecular weight excluding hydrogens is 951 g/mol. The molecular formula is C69H91N3O5. The minimum atomic E-state index is -0.802. The molecule has 0 fully saturated rings. The lowest BCUT2D eigenvalue weighted by molar-refractivity contribution is -0.137. The molecule has 0 aliphatic carbocycles. The van der Waals surface area contributed by atoms with Gasteiger partial charge in [-0.3, -0.25) is 19.3 Å². The minimum Gasteiger partial charge on any atom is -0.481 e. The number of carbonyl (C=O) groups is 3. The number of amides is 1. The first-order chi connectivity index (χ1) is 35.6. The van der Waals surface area contributed by atoms with Crippen LogP contribution in [0.25, 0.3) is 0 Å². The Morgan fingerprint density at radius 3 is 0.818 bits per heavy atom. The fraction of sp³-hybridized carbons (Fsp3) is 0.435. The van der Waals surface area contributed by atoms with E-state index >= 15 is 0 Å². The summed E-state index contributed by atoms with van der Waals surface area (Å²) in [4.78, 5) is 38.1. The van der Waals surface area contributed by atoms with Crippen LogP contribution in [0.15, 0.2) is 0 Å². The van der Waals surface area contributed by atoms with Crippen LogP contribution >= 0.6 is 0 Å². The van der Waals surface area contributed by atoms with Crippen molar-refractivity contribution in [1.82, 2.24) is 0 Å². The van der Waals surface area contributed by atoms with E-state index < -0.39 is 11.9 Å². The quantitative estimate of drug-likeness (QED) is 0.114. The van der Waals surface area contributed by atoms with Crippen molar-refractivity contribution in [2.75, 3.05) is 15.5 Å². The standard InChI is InChI=1S/2C23H31NO2.C23H29NO/c2*1-11-13(3)17(7)22(18(8)14(11)4)24-23-19(9)15(5)12(2)16(6)20(23)10-21(25)26;1-11-13(3)17(7)22(18(8)14(11)4)24-21(25)10-20-16(6)12(2)15(5)19(9)23(20)24/h2*24H,10H2,1-9H3,(H,25,26);10H2,1-9H3. The molecule has 0 spiro atoms. The molecule has 6 aromatic carbocycles. The molecule has 8 nitrogen and oxygen atoms in total. The van der Waals surface area contributed by atoms with Crippen molar-refractivity contribution in [1.29, 1.82) is 0 Å². The third kappa shape index (κ3) is 11.0. The molecule has 0 radical (unpaired) electrons. The number of rotatable bonds is 9. The van der Waals surface area contributed by atoms with Crippen molar-refractivity contribution in [3.63, 3.8) is 0 Å². The molecule has 1 heterocycles. The van der Waals surface area contributed by atoms with Crippen LogP contribution in [0, 0.1) is 187 Å². The maximum absolute atomic E-state index is 13.1. The number of carboxylic acid groups (broad SMARTS) is 2. The Labute approximate surface area is 463 Å². The van der Waals surface area contributed by atoms with Gasteiger partial charge in [-0.05, 0) is 354 Å². The lowest BCUT2D eigenvalue weighted by atomic mass is 9.89. The van der Waals surface area contributed by atoms with Gasteiger partial charge in [0.1, 0.15) is 0 Å². The first-order valence-corrected chi connectivity index (χ1v) is 27.4. The zero-order chi connectivity index (χ0) is 58.6. The number of nitrogens with one attached hydrogen (secondary N) is 2. The zero-order valence-electron chi connectivity index (χ0n) is 52.2. The fourth-order valence-corrected chi connectivity index (χ4v) is 11.8. The van der Waals surface area contributed by atoms with Crippen LogP contribution in [-0.2, 0) is 33.6 Å². The van der Waals surface area contributed by atoms with Crippen LogP contribution in [0.3, 0.4) is 0 Å². The van der Waals surface area contributed by atoms with E-state index in [4.69, 9.17) is 0 Å². The Morgan fingerprint density at radius 1 is 0.312 bits per heavy atom. The molecule has 0 saturated heterocycles. The molecule has 0 aromatic heterocycles. The maximum Gasteiger partial charge on any atom is 0.307 e. The summed E-state index contributed by atoms with van der Waals surface area (Å²) in [5.41, 5.74) is 42.6. The van der Waals surface area contributed by atoms with Crippen LogP contribution in [0.4, 0.5) is 34.1 Å². The Morgan fingerprint density at radius 2 is 0.532 bits per heavy atom. The van der Waals surface area contributed by atoms with Gasteiger partial charge in [-0.25, -0.2) is 0 Å². The summed E-state index contributed by atoms with van der Waals surface area (Å²) in [5.74, 6) is -1.41. The molecule has 0 atom stereocenters. The summed E-state index contributed by atoms with van der Waals surface area (Å²) >= 11 is 0. The average Bonchev–Trinajstić information content (AvgIpc) is 3.74. The van der Waals surface area contributed by atoms with Crippen LogP contribution in [0.5, 0.6) is 0 Å². The van der Waals surface area contributed by atoms with Gasteiger partial charge in [-0.2, -0.15) is 0 Å². The highest BCUT2D eigenvalue weighted by Crippen LogP contribution is 2.47. The molecule has 1 aliphatic rings. The summed E-state index contributed by atoms with van der Waals surface area (Å²) in [6, 6.07) is 0. The van der Waals surface area contributed by atoms with Gasteiger partial charge in [0, 0.05) is 22.7 Å². The number of anilines is 6. The van der Waals surface area contributed by atoms with Crippen molar-refractivity contribution in [2.45, 2.75) is 206 Å². The van der Waals surface area contributed by atoms with Crippen LogP contribution in [-0.4, -0.2) is 28.1 Å². The highest BCUT2D eigenvalue weighted by Gasteiger charge is 2.35. The van der Waals surface area contributed by atoms with Crippen molar-refractivity contribution >= 4 is 52.0 Å². The molecule has 77 heavy (non-hydrogen) atoms.